The van der Waals surface area contributed by atoms with Gasteiger partial charge in [-0.25, -0.2) is 12.8 Å². The molecule has 0 N–H and O–H groups in total. The molecule has 4 nitrogen and oxygen atoms in total. The lowest BCUT2D eigenvalue weighted by molar-refractivity contribution is 0.591. The number of halogens is 1. The Labute approximate surface area is 135 Å². The molecule has 0 bridgehead atoms. The lowest BCUT2D eigenvalue weighted by Crippen LogP contribution is -2.31. The number of anilines is 1. The normalized spacial score (nSPS) is 10.8. The van der Waals surface area contributed by atoms with Crippen LogP contribution in [0, 0.1) is 17.1 Å². The van der Waals surface area contributed by atoms with Crippen molar-refractivity contribution in [1.29, 1.82) is 5.26 Å². The number of hydrogen-bond acceptors (Lipinski definition) is 3. The summed E-state index contributed by atoms with van der Waals surface area (Å²) in [4.78, 5) is 0.00171. The highest BCUT2D eigenvalue weighted by Gasteiger charge is 2.23. The van der Waals surface area contributed by atoms with Gasteiger partial charge in [0.15, 0.2) is 0 Å². The second-order valence-corrected chi connectivity index (χ2v) is 6.64. The van der Waals surface area contributed by atoms with Crippen LogP contribution in [0.5, 0.6) is 0 Å². The van der Waals surface area contributed by atoms with E-state index in [1.165, 1.54) is 22.5 Å². The number of sulfonamides is 1. The maximum atomic E-state index is 13.0. The van der Waals surface area contributed by atoms with Crippen LogP contribution in [0.15, 0.2) is 66.1 Å². The molecule has 0 spiro atoms. The number of nitriles is 1. The van der Waals surface area contributed by atoms with Crippen molar-refractivity contribution in [1.82, 2.24) is 0 Å². The Morgan fingerprint density at radius 1 is 1.13 bits per heavy atom. The van der Waals surface area contributed by atoms with Crippen LogP contribution in [-0.4, -0.2) is 15.0 Å². The van der Waals surface area contributed by atoms with E-state index in [9.17, 15) is 12.8 Å². The molecule has 2 rings (SSSR count). The Bertz CT molecular complexity index is 822. The van der Waals surface area contributed by atoms with Gasteiger partial charge in [-0.2, -0.15) is 5.26 Å². The standard InChI is InChI=1S/C17H15FN2O2S/c1-2-13-20(16-7-3-14(4-8-16)11-12-19)23(21,22)17-9-5-15(18)6-10-17/h2-10H,1,11,13H2. The molecular weight excluding hydrogens is 315 g/mol. The van der Waals surface area contributed by atoms with E-state index in [1.54, 1.807) is 24.3 Å². The zero-order valence-electron chi connectivity index (χ0n) is 12.3. The Morgan fingerprint density at radius 2 is 1.74 bits per heavy atom. The average Bonchev–Trinajstić information content (AvgIpc) is 2.54. The van der Waals surface area contributed by atoms with E-state index in [0.29, 0.717) is 5.69 Å². The first-order valence-electron chi connectivity index (χ1n) is 6.84. The molecule has 0 aliphatic heterocycles. The van der Waals surface area contributed by atoms with Gasteiger partial charge in [0.2, 0.25) is 0 Å². The first-order chi connectivity index (χ1) is 11.0. The molecule has 0 atom stereocenters. The number of rotatable bonds is 6. The van der Waals surface area contributed by atoms with Gasteiger partial charge in [0.25, 0.3) is 10.0 Å². The summed E-state index contributed by atoms with van der Waals surface area (Å²) in [5, 5.41) is 8.68. The van der Waals surface area contributed by atoms with Gasteiger partial charge in [-0.15, -0.1) is 6.58 Å². The summed E-state index contributed by atoms with van der Waals surface area (Å²) < 4.78 is 39.7. The molecule has 118 valence electrons. The zero-order valence-corrected chi connectivity index (χ0v) is 13.1. The van der Waals surface area contributed by atoms with Crippen molar-refractivity contribution in [2.24, 2.45) is 0 Å². The van der Waals surface area contributed by atoms with E-state index >= 15 is 0 Å². The van der Waals surface area contributed by atoms with Crippen molar-refractivity contribution in [3.63, 3.8) is 0 Å². The first kappa shape index (κ1) is 16.7. The second-order valence-electron chi connectivity index (χ2n) is 4.78. The largest absolute Gasteiger partial charge is 0.264 e. The molecule has 0 saturated carbocycles. The van der Waals surface area contributed by atoms with Gasteiger partial charge in [-0.05, 0) is 42.0 Å². The Kier molecular flexibility index (Phi) is 5.14. The van der Waals surface area contributed by atoms with E-state index in [0.717, 1.165) is 17.7 Å². The molecule has 0 saturated heterocycles. The van der Waals surface area contributed by atoms with Crippen LogP contribution in [0.1, 0.15) is 5.56 Å². The molecule has 0 radical (unpaired) electrons. The van der Waals surface area contributed by atoms with Gasteiger partial charge >= 0.3 is 0 Å². The van der Waals surface area contributed by atoms with Crippen LogP contribution in [0.4, 0.5) is 10.1 Å². The van der Waals surface area contributed by atoms with Crippen molar-refractivity contribution in [3.8, 4) is 6.07 Å². The van der Waals surface area contributed by atoms with E-state index in [2.05, 4.69) is 6.58 Å². The maximum Gasteiger partial charge on any atom is 0.264 e. The Hall–Kier alpha value is -2.65. The highest BCUT2D eigenvalue weighted by molar-refractivity contribution is 7.92. The predicted octanol–water partition coefficient (Wildman–Crippen LogP) is 3.27. The van der Waals surface area contributed by atoms with Crippen molar-refractivity contribution in [3.05, 3.63) is 72.6 Å². The first-order valence-corrected chi connectivity index (χ1v) is 8.28. The molecular formula is C17H15FN2O2S. The van der Waals surface area contributed by atoms with Crippen LogP contribution in [0.25, 0.3) is 0 Å². The quantitative estimate of drug-likeness (QED) is 0.764. The van der Waals surface area contributed by atoms with E-state index < -0.39 is 15.8 Å². The molecule has 0 fully saturated rings. The third-order valence-corrected chi connectivity index (χ3v) is 5.01. The molecule has 0 heterocycles. The van der Waals surface area contributed by atoms with Gasteiger partial charge in [0.05, 0.1) is 29.6 Å². The smallest absolute Gasteiger partial charge is 0.263 e. The highest BCUT2D eigenvalue weighted by atomic mass is 32.2. The van der Waals surface area contributed by atoms with Crippen LogP contribution in [-0.2, 0) is 16.4 Å². The van der Waals surface area contributed by atoms with Crippen LogP contribution >= 0.6 is 0 Å². The summed E-state index contributed by atoms with van der Waals surface area (Å²) in [7, 11) is -3.83. The van der Waals surface area contributed by atoms with Crippen molar-refractivity contribution in [2.45, 2.75) is 11.3 Å². The minimum Gasteiger partial charge on any atom is -0.263 e. The fourth-order valence-corrected chi connectivity index (χ4v) is 3.50. The molecule has 2 aromatic carbocycles. The molecule has 23 heavy (non-hydrogen) atoms. The van der Waals surface area contributed by atoms with E-state index in [1.807, 2.05) is 6.07 Å². The molecule has 0 aromatic heterocycles. The SMILES string of the molecule is C=CCN(c1ccc(CC#N)cc1)S(=O)(=O)c1ccc(F)cc1. The van der Waals surface area contributed by atoms with Crippen molar-refractivity contribution in [2.75, 3.05) is 10.8 Å². The van der Waals surface area contributed by atoms with Gasteiger partial charge in [-0.1, -0.05) is 18.2 Å². The van der Waals surface area contributed by atoms with Crippen LogP contribution in [0.3, 0.4) is 0 Å². The lowest BCUT2D eigenvalue weighted by atomic mass is 10.1. The maximum absolute atomic E-state index is 13.0. The van der Waals surface area contributed by atoms with Gasteiger partial charge in [-0.3, -0.25) is 4.31 Å². The molecule has 0 amide bonds. The summed E-state index contributed by atoms with van der Waals surface area (Å²) in [6.45, 7) is 3.67. The molecule has 6 heteroatoms. The third-order valence-electron chi connectivity index (χ3n) is 3.20. The summed E-state index contributed by atoms with van der Waals surface area (Å²) in [5.74, 6) is -0.500. The molecule has 0 aliphatic carbocycles. The predicted molar refractivity (Wildman–Crippen MR) is 86.9 cm³/mol. The highest BCUT2D eigenvalue weighted by Crippen LogP contribution is 2.24. The van der Waals surface area contributed by atoms with Gasteiger partial charge < -0.3 is 0 Å². The number of nitrogens with zero attached hydrogens (tertiary/aromatic N) is 2. The van der Waals surface area contributed by atoms with Crippen LogP contribution in [0.2, 0.25) is 0 Å². The minimum atomic E-state index is -3.83. The Balaban J connectivity index is 2.42. The zero-order chi connectivity index (χ0) is 16.9. The number of benzene rings is 2. The van der Waals surface area contributed by atoms with Crippen molar-refractivity contribution >= 4 is 15.7 Å². The molecule has 0 aliphatic rings. The van der Waals surface area contributed by atoms with E-state index in [4.69, 9.17) is 5.26 Å². The number of hydrogen-bond donors (Lipinski definition) is 0. The van der Waals surface area contributed by atoms with Crippen molar-refractivity contribution < 1.29 is 12.8 Å². The molecule has 2 aromatic rings. The summed E-state index contributed by atoms with van der Waals surface area (Å²) in [6.07, 6.45) is 1.73. The summed E-state index contributed by atoms with van der Waals surface area (Å²) in [6, 6.07) is 13.4. The fraction of sp³-hybridized carbons (Fsp3) is 0.118. The monoisotopic (exact) mass is 330 g/mol. The minimum absolute atomic E-state index is 0.00171. The van der Waals surface area contributed by atoms with Crippen LogP contribution < -0.4 is 4.31 Å². The summed E-state index contributed by atoms with van der Waals surface area (Å²) >= 11 is 0. The third kappa shape index (κ3) is 3.76. The fourth-order valence-electron chi connectivity index (χ4n) is 2.06. The lowest BCUT2D eigenvalue weighted by Gasteiger charge is -2.23. The summed E-state index contributed by atoms with van der Waals surface area (Å²) in [5.41, 5.74) is 1.25. The molecule has 0 unspecified atom stereocenters. The topological polar surface area (TPSA) is 61.2 Å². The van der Waals surface area contributed by atoms with Gasteiger partial charge in [0.1, 0.15) is 5.82 Å². The Morgan fingerprint density at radius 3 is 2.26 bits per heavy atom. The van der Waals surface area contributed by atoms with E-state index in [-0.39, 0.29) is 17.9 Å². The van der Waals surface area contributed by atoms with Gasteiger partial charge in [0, 0.05) is 0 Å². The second kappa shape index (κ2) is 7.07. The average molecular weight is 330 g/mol.